The summed E-state index contributed by atoms with van der Waals surface area (Å²) in [6.07, 6.45) is 3.13. The number of sulfonamides is 1. The zero-order valence-corrected chi connectivity index (χ0v) is 14.3. The molecule has 1 aliphatic rings. The Balaban J connectivity index is 2.00. The van der Waals surface area contributed by atoms with Gasteiger partial charge < -0.3 is 4.90 Å². The largest absolute Gasteiger partial charge is 0.302 e. The molecule has 0 spiro atoms. The molecule has 0 saturated carbocycles. The summed E-state index contributed by atoms with van der Waals surface area (Å²) < 4.78 is 27.4. The maximum absolute atomic E-state index is 12.3. The predicted molar refractivity (Wildman–Crippen MR) is 86.5 cm³/mol. The van der Waals surface area contributed by atoms with Gasteiger partial charge in [-0.2, -0.15) is 0 Å². The lowest BCUT2D eigenvalue weighted by molar-refractivity contribution is 0.326. The highest BCUT2D eigenvalue weighted by Gasteiger charge is 2.27. The van der Waals surface area contributed by atoms with Crippen molar-refractivity contribution >= 4 is 33.2 Å². The highest BCUT2D eigenvalue weighted by atomic mass is 35.5. The van der Waals surface area contributed by atoms with Crippen molar-refractivity contribution in [3.8, 4) is 0 Å². The second-order valence-electron chi connectivity index (χ2n) is 5.34. The molecule has 118 valence electrons. The summed E-state index contributed by atoms with van der Waals surface area (Å²) in [5, 5.41) is 0.595. The number of hydrogen-bond acceptors (Lipinski definition) is 3. The Morgan fingerprint density at radius 2 is 2.10 bits per heavy atom. The maximum atomic E-state index is 12.3. The molecule has 0 aliphatic carbocycles. The van der Waals surface area contributed by atoms with Gasteiger partial charge >= 0.3 is 0 Å². The summed E-state index contributed by atoms with van der Waals surface area (Å²) in [4.78, 5) is 2.45. The van der Waals surface area contributed by atoms with Gasteiger partial charge in [-0.25, -0.2) is 13.1 Å². The predicted octanol–water partition coefficient (Wildman–Crippen LogP) is 3.15. The first-order valence-electron chi connectivity index (χ1n) is 7.12. The summed E-state index contributed by atoms with van der Waals surface area (Å²) in [5.74, 6) is 0. The van der Waals surface area contributed by atoms with Crippen molar-refractivity contribution in [2.45, 2.75) is 37.1 Å². The topological polar surface area (TPSA) is 49.4 Å². The lowest BCUT2D eigenvalue weighted by Gasteiger charge is -2.16. The number of unbranched alkanes of at least 4 members (excludes halogenated alkanes) is 1. The second kappa shape index (κ2) is 7.29. The first kappa shape index (κ1) is 17.0. The zero-order chi connectivity index (χ0) is 15.5. The summed E-state index contributed by atoms with van der Waals surface area (Å²) >= 11 is 11.7. The van der Waals surface area contributed by atoms with Crippen LogP contribution in [0.3, 0.4) is 0 Å². The number of hydrogen-bond donors (Lipinski definition) is 1. The zero-order valence-electron chi connectivity index (χ0n) is 12.0. The van der Waals surface area contributed by atoms with Crippen LogP contribution in [0, 0.1) is 0 Å². The number of benzene rings is 1. The fraction of sp³-hybridized carbons (Fsp3) is 0.571. The van der Waals surface area contributed by atoms with Crippen LogP contribution in [0.1, 0.15) is 26.2 Å². The van der Waals surface area contributed by atoms with E-state index in [9.17, 15) is 8.42 Å². The van der Waals surface area contributed by atoms with E-state index in [1.165, 1.54) is 18.2 Å². The SMILES string of the molecule is CCCCN1CCC(NS(=O)(=O)c2ccc(Cl)c(Cl)c2)C1. The summed E-state index contributed by atoms with van der Waals surface area (Å²) in [6.45, 7) is 4.89. The fourth-order valence-corrected chi connectivity index (χ4v) is 4.10. The molecule has 2 rings (SSSR count). The summed E-state index contributed by atoms with van der Waals surface area (Å²) in [7, 11) is -3.55. The van der Waals surface area contributed by atoms with Crippen LogP contribution in [0.15, 0.2) is 23.1 Å². The minimum absolute atomic E-state index is 0.0405. The van der Waals surface area contributed by atoms with E-state index < -0.39 is 10.0 Å². The van der Waals surface area contributed by atoms with Crippen LogP contribution in [0.2, 0.25) is 10.0 Å². The van der Waals surface area contributed by atoms with Gasteiger partial charge in [-0.3, -0.25) is 0 Å². The molecule has 1 heterocycles. The lowest BCUT2D eigenvalue weighted by Crippen LogP contribution is -2.37. The molecule has 0 radical (unpaired) electrons. The molecule has 1 N–H and O–H groups in total. The Bertz CT molecular complexity index is 593. The monoisotopic (exact) mass is 350 g/mol. The van der Waals surface area contributed by atoms with Gasteiger partial charge in [0.15, 0.2) is 0 Å². The Hall–Kier alpha value is -0.330. The number of halogens is 2. The van der Waals surface area contributed by atoms with Crippen LogP contribution >= 0.6 is 23.2 Å². The number of nitrogens with zero attached hydrogens (tertiary/aromatic N) is 1. The molecule has 0 bridgehead atoms. The lowest BCUT2D eigenvalue weighted by atomic mass is 10.3. The van der Waals surface area contributed by atoms with Crippen LogP contribution in [0.5, 0.6) is 0 Å². The van der Waals surface area contributed by atoms with Crippen molar-refractivity contribution < 1.29 is 8.42 Å². The highest BCUT2D eigenvalue weighted by Crippen LogP contribution is 2.25. The average molecular weight is 351 g/mol. The Morgan fingerprint density at radius 3 is 2.76 bits per heavy atom. The summed E-state index contributed by atoms with van der Waals surface area (Å²) in [5.41, 5.74) is 0. The highest BCUT2D eigenvalue weighted by molar-refractivity contribution is 7.89. The minimum Gasteiger partial charge on any atom is -0.302 e. The smallest absolute Gasteiger partial charge is 0.240 e. The average Bonchev–Trinajstić information content (AvgIpc) is 2.86. The molecule has 0 amide bonds. The van der Waals surface area contributed by atoms with E-state index in [0.29, 0.717) is 5.02 Å². The molecule has 0 aromatic heterocycles. The molecule has 1 aromatic carbocycles. The van der Waals surface area contributed by atoms with Gasteiger partial charge in [0, 0.05) is 12.6 Å². The molecule has 7 heteroatoms. The molecule has 1 fully saturated rings. The minimum atomic E-state index is -3.55. The van der Waals surface area contributed by atoms with Gasteiger partial charge in [0.05, 0.1) is 14.9 Å². The molecule has 1 atom stereocenters. The standard InChI is InChI=1S/C14H20Cl2N2O2S/c1-2-3-7-18-8-6-11(10-18)17-21(19,20)12-4-5-13(15)14(16)9-12/h4-5,9,11,17H,2-3,6-8,10H2,1H3. The molecule has 1 unspecified atom stereocenters. The number of nitrogens with one attached hydrogen (secondary N) is 1. The normalized spacial score (nSPS) is 20.0. The van der Waals surface area contributed by atoms with E-state index in [4.69, 9.17) is 23.2 Å². The van der Waals surface area contributed by atoms with Crippen LogP contribution in [0.4, 0.5) is 0 Å². The molecule has 1 aliphatic heterocycles. The van der Waals surface area contributed by atoms with E-state index in [-0.39, 0.29) is 16.0 Å². The van der Waals surface area contributed by atoms with Gasteiger partial charge in [0.1, 0.15) is 0 Å². The van der Waals surface area contributed by atoms with Crippen molar-refractivity contribution in [3.63, 3.8) is 0 Å². The molecular formula is C14H20Cl2N2O2S. The van der Waals surface area contributed by atoms with Gasteiger partial charge in [-0.05, 0) is 44.1 Å². The van der Waals surface area contributed by atoms with Crippen molar-refractivity contribution in [3.05, 3.63) is 28.2 Å². The van der Waals surface area contributed by atoms with E-state index in [1.54, 1.807) is 0 Å². The van der Waals surface area contributed by atoms with Crippen LogP contribution in [-0.4, -0.2) is 39.0 Å². The molecule has 4 nitrogen and oxygen atoms in total. The van der Waals surface area contributed by atoms with Crippen molar-refractivity contribution in [1.82, 2.24) is 9.62 Å². The first-order valence-corrected chi connectivity index (χ1v) is 9.36. The maximum Gasteiger partial charge on any atom is 0.240 e. The van der Waals surface area contributed by atoms with Crippen LogP contribution in [-0.2, 0) is 10.0 Å². The van der Waals surface area contributed by atoms with E-state index >= 15 is 0 Å². The second-order valence-corrected chi connectivity index (χ2v) is 7.87. The van der Waals surface area contributed by atoms with Gasteiger partial charge in [-0.15, -0.1) is 0 Å². The van der Waals surface area contributed by atoms with E-state index in [0.717, 1.165) is 38.9 Å². The summed E-state index contributed by atoms with van der Waals surface area (Å²) in [6, 6.07) is 4.32. The number of rotatable bonds is 6. The van der Waals surface area contributed by atoms with Crippen LogP contribution in [0.25, 0.3) is 0 Å². The van der Waals surface area contributed by atoms with E-state index in [1.807, 2.05) is 0 Å². The van der Waals surface area contributed by atoms with Crippen molar-refractivity contribution in [1.29, 1.82) is 0 Å². The van der Waals surface area contributed by atoms with Gasteiger partial charge in [-0.1, -0.05) is 36.5 Å². The van der Waals surface area contributed by atoms with Gasteiger partial charge in [0.2, 0.25) is 10.0 Å². The Kier molecular flexibility index (Phi) is 5.91. The molecule has 1 aromatic rings. The molecule has 21 heavy (non-hydrogen) atoms. The Labute approximate surface area is 136 Å². The third-order valence-electron chi connectivity index (χ3n) is 3.62. The van der Waals surface area contributed by atoms with Crippen molar-refractivity contribution in [2.24, 2.45) is 0 Å². The fourth-order valence-electron chi connectivity index (χ4n) is 2.45. The third-order valence-corrected chi connectivity index (χ3v) is 5.88. The van der Waals surface area contributed by atoms with E-state index in [2.05, 4.69) is 16.5 Å². The third kappa shape index (κ3) is 4.57. The first-order chi connectivity index (χ1) is 9.92. The molecular weight excluding hydrogens is 331 g/mol. The molecule has 1 saturated heterocycles. The number of likely N-dealkylation sites (tertiary alicyclic amines) is 1. The van der Waals surface area contributed by atoms with Crippen LogP contribution < -0.4 is 4.72 Å². The van der Waals surface area contributed by atoms with Crippen molar-refractivity contribution in [2.75, 3.05) is 19.6 Å². The quantitative estimate of drug-likeness (QED) is 0.857. The Morgan fingerprint density at radius 1 is 1.33 bits per heavy atom. The van der Waals surface area contributed by atoms with Gasteiger partial charge in [0.25, 0.3) is 0 Å².